The number of rotatable bonds is 4. The molecule has 3 fully saturated rings. The molecule has 0 saturated carbocycles. The molecule has 2 atom stereocenters. The topological polar surface area (TPSA) is 26.8 Å². The van der Waals surface area contributed by atoms with Crippen LogP contribution in [0.25, 0.3) is 0 Å². The Hall–Kier alpha value is -0.610. The minimum Gasteiger partial charge on any atom is -0.341 e. The highest BCUT2D eigenvalue weighted by molar-refractivity contribution is 5.78. The fraction of sp³-hybridized carbons (Fsp3) is 0.944. The smallest absolute Gasteiger partial charge is 0.236 e. The van der Waals surface area contributed by atoms with Crippen LogP contribution >= 0.6 is 0 Å². The number of likely N-dealkylation sites (tertiary alicyclic amines) is 3. The summed E-state index contributed by atoms with van der Waals surface area (Å²) in [7, 11) is 0. The maximum absolute atomic E-state index is 12.6. The van der Waals surface area contributed by atoms with Crippen molar-refractivity contribution in [2.45, 2.75) is 57.9 Å². The molecule has 0 aliphatic carbocycles. The molecule has 3 saturated heterocycles. The molecule has 0 N–H and O–H groups in total. The average molecular weight is 307 g/mol. The summed E-state index contributed by atoms with van der Waals surface area (Å²) in [6.07, 6.45) is 9.13. The second kappa shape index (κ2) is 7.78. The number of hydrogen-bond acceptors (Lipinski definition) is 3. The lowest BCUT2D eigenvalue weighted by molar-refractivity contribution is -0.134. The molecule has 3 aliphatic heterocycles. The fourth-order valence-electron chi connectivity index (χ4n) is 4.44. The molecule has 3 heterocycles. The molecule has 0 unspecified atom stereocenters. The van der Waals surface area contributed by atoms with Crippen LogP contribution in [0.3, 0.4) is 0 Å². The Kier molecular flexibility index (Phi) is 5.75. The first kappa shape index (κ1) is 16.3. The quantitative estimate of drug-likeness (QED) is 0.796. The SMILES string of the molecule is C[C@H]1CCCN(C(=O)CN2CCC[C@H]2CN2CCCCC2)C1. The van der Waals surface area contributed by atoms with E-state index in [-0.39, 0.29) is 0 Å². The molecule has 3 rings (SSSR count). The van der Waals surface area contributed by atoms with Gasteiger partial charge in [0.1, 0.15) is 0 Å². The van der Waals surface area contributed by atoms with E-state index in [1.54, 1.807) is 0 Å². The van der Waals surface area contributed by atoms with E-state index in [1.807, 2.05) is 0 Å². The van der Waals surface area contributed by atoms with Crippen LogP contribution in [0.15, 0.2) is 0 Å². The van der Waals surface area contributed by atoms with Crippen LogP contribution in [-0.2, 0) is 4.79 Å². The molecule has 0 spiro atoms. The molecular formula is C18H33N3O. The van der Waals surface area contributed by atoms with E-state index in [0.29, 0.717) is 24.4 Å². The number of carbonyl (C=O) groups excluding carboxylic acids is 1. The summed E-state index contributed by atoms with van der Waals surface area (Å²) >= 11 is 0. The first-order valence-electron chi connectivity index (χ1n) is 9.46. The van der Waals surface area contributed by atoms with Crippen LogP contribution in [0, 0.1) is 5.92 Å². The van der Waals surface area contributed by atoms with E-state index in [0.717, 1.165) is 19.6 Å². The largest absolute Gasteiger partial charge is 0.341 e. The van der Waals surface area contributed by atoms with E-state index in [4.69, 9.17) is 0 Å². The van der Waals surface area contributed by atoms with Gasteiger partial charge >= 0.3 is 0 Å². The Morgan fingerprint density at radius 2 is 1.73 bits per heavy atom. The Balaban J connectivity index is 1.48. The Labute approximate surface area is 135 Å². The van der Waals surface area contributed by atoms with Crippen LogP contribution < -0.4 is 0 Å². The summed E-state index contributed by atoms with van der Waals surface area (Å²) in [5, 5.41) is 0. The van der Waals surface area contributed by atoms with Crippen molar-refractivity contribution in [3.8, 4) is 0 Å². The minimum atomic E-state index is 0.372. The van der Waals surface area contributed by atoms with Crippen LogP contribution in [0.5, 0.6) is 0 Å². The molecule has 126 valence electrons. The van der Waals surface area contributed by atoms with Gasteiger partial charge in [0.15, 0.2) is 0 Å². The van der Waals surface area contributed by atoms with Gasteiger partial charge in [-0.3, -0.25) is 9.69 Å². The van der Waals surface area contributed by atoms with Crippen LogP contribution in [-0.4, -0.2) is 72.5 Å². The molecule has 4 nitrogen and oxygen atoms in total. The molecule has 0 bridgehead atoms. The maximum Gasteiger partial charge on any atom is 0.236 e. The van der Waals surface area contributed by atoms with Crippen molar-refractivity contribution in [2.75, 3.05) is 45.8 Å². The zero-order valence-electron chi connectivity index (χ0n) is 14.3. The lowest BCUT2D eigenvalue weighted by Gasteiger charge is -2.35. The second-order valence-electron chi connectivity index (χ2n) is 7.71. The molecule has 1 amide bonds. The third-order valence-electron chi connectivity index (χ3n) is 5.76. The predicted molar refractivity (Wildman–Crippen MR) is 89.9 cm³/mol. The third kappa shape index (κ3) is 4.23. The molecule has 0 aromatic carbocycles. The van der Waals surface area contributed by atoms with E-state index < -0.39 is 0 Å². The van der Waals surface area contributed by atoms with Crippen molar-refractivity contribution in [1.29, 1.82) is 0 Å². The van der Waals surface area contributed by atoms with Gasteiger partial charge in [-0.25, -0.2) is 0 Å². The molecule has 4 heteroatoms. The van der Waals surface area contributed by atoms with Crippen molar-refractivity contribution in [2.24, 2.45) is 5.92 Å². The zero-order chi connectivity index (χ0) is 15.4. The highest BCUT2D eigenvalue weighted by Crippen LogP contribution is 2.21. The summed E-state index contributed by atoms with van der Waals surface area (Å²) in [6.45, 7) is 9.72. The summed E-state index contributed by atoms with van der Waals surface area (Å²) in [6, 6.07) is 0.615. The van der Waals surface area contributed by atoms with E-state index in [9.17, 15) is 4.79 Å². The predicted octanol–water partition coefficient (Wildman–Crippen LogP) is 2.20. The first-order chi connectivity index (χ1) is 10.7. The fourth-order valence-corrected chi connectivity index (χ4v) is 4.44. The van der Waals surface area contributed by atoms with E-state index >= 15 is 0 Å². The van der Waals surface area contributed by atoms with Gasteiger partial charge in [0, 0.05) is 25.7 Å². The summed E-state index contributed by atoms with van der Waals surface area (Å²) in [5.41, 5.74) is 0. The normalized spacial score (nSPS) is 31.6. The van der Waals surface area contributed by atoms with Crippen molar-refractivity contribution in [3.63, 3.8) is 0 Å². The zero-order valence-corrected chi connectivity index (χ0v) is 14.3. The molecule has 3 aliphatic rings. The monoisotopic (exact) mass is 307 g/mol. The number of carbonyl (C=O) groups is 1. The average Bonchev–Trinajstić information content (AvgIpc) is 2.95. The highest BCUT2D eigenvalue weighted by Gasteiger charge is 2.30. The number of hydrogen-bond donors (Lipinski definition) is 0. The molecular weight excluding hydrogens is 274 g/mol. The lowest BCUT2D eigenvalue weighted by atomic mass is 10.0. The van der Waals surface area contributed by atoms with Crippen LogP contribution in [0.2, 0.25) is 0 Å². The van der Waals surface area contributed by atoms with Crippen molar-refractivity contribution < 1.29 is 4.79 Å². The summed E-state index contributed by atoms with van der Waals surface area (Å²) in [5.74, 6) is 1.05. The number of amides is 1. The van der Waals surface area contributed by atoms with Crippen LogP contribution in [0.4, 0.5) is 0 Å². The number of piperidine rings is 2. The van der Waals surface area contributed by atoms with Gasteiger partial charge in [-0.2, -0.15) is 0 Å². The third-order valence-corrected chi connectivity index (χ3v) is 5.76. The standard InChI is InChI=1S/C18H33N3O/c1-16-7-5-12-21(13-16)18(22)15-20-11-6-8-17(20)14-19-9-3-2-4-10-19/h16-17H,2-15H2,1H3/t16-,17-/m0/s1. The van der Waals surface area contributed by atoms with E-state index in [1.165, 1.54) is 64.6 Å². The highest BCUT2D eigenvalue weighted by atomic mass is 16.2. The van der Waals surface area contributed by atoms with Gasteiger partial charge in [0.2, 0.25) is 5.91 Å². The Bertz CT molecular complexity index is 367. The summed E-state index contributed by atoms with van der Waals surface area (Å²) < 4.78 is 0. The summed E-state index contributed by atoms with van der Waals surface area (Å²) in [4.78, 5) is 19.8. The maximum atomic E-state index is 12.6. The van der Waals surface area contributed by atoms with Gasteiger partial charge in [-0.05, 0) is 64.1 Å². The van der Waals surface area contributed by atoms with E-state index in [2.05, 4.69) is 21.6 Å². The van der Waals surface area contributed by atoms with Gasteiger partial charge in [0.25, 0.3) is 0 Å². The lowest BCUT2D eigenvalue weighted by Crippen LogP contribution is -2.48. The molecule has 0 radical (unpaired) electrons. The van der Waals surface area contributed by atoms with Gasteiger partial charge in [0.05, 0.1) is 6.54 Å². The Morgan fingerprint density at radius 3 is 2.50 bits per heavy atom. The van der Waals surface area contributed by atoms with Gasteiger partial charge in [-0.1, -0.05) is 13.3 Å². The second-order valence-corrected chi connectivity index (χ2v) is 7.71. The molecule has 0 aromatic rings. The molecule has 22 heavy (non-hydrogen) atoms. The molecule has 0 aromatic heterocycles. The minimum absolute atomic E-state index is 0.372. The van der Waals surface area contributed by atoms with Gasteiger partial charge in [-0.15, -0.1) is 0 Å². The van der Waals surface area contributed by atoms with Crippen molar-refractivity contribution >= 4 is 5.91 Å². The van der Waals surface area contributed by atoms with Crippen LogP contribution in [0.1, 0.15) is 51.9 Å². The van der Waals surface area contributed by atoms with Crippen molar-refractivity contribution in [1.82, 2.24) is 14.7 Å². The van der Waals surface area contributed by atoms with Gasteiger partial charge < -0.3 is 9.80 Å². The number of nitrogens with zero attached hydrogens (tertiary/aromatic N) is 3. The Morgan fingerprint density at radius 1 is 0.955 bits per heavy atom. The first-order valence-corrected chi connectivity index (χ1v) is 9.46. The van der Waals surface area contributed by atoms with Crippen molar-refractivity contribution in [3.05, 3.63) is 0 Å².